The molecule has 0 N–H and O–H groups in total. The van der Waals surface area contributed by atoms with Gasteiger partial charge in [0.1, 0.15) is 0 Å². The van der Waals surface area contributed by atoms with Crippen molar-refractivity contribution < 1.29 is 26.4 Å². The number of rotatable bonds is 6. The van der Waals surface area contributed by atoms with E-state index in [1.165, 1.54) is 0 Å². The first-order valence-corrected chi connectivity index (χ1v) is 5.94. The molecule has 0 rings (SSSR count). The van der Waals surface area contributed by atoms with Gasteiger partial charge in [0.15, 0.2) is 0 Å². The van der Waals surface area contributed by atoms with Crippen LogP contribution in [0.5, 0.6) is 0 Å². The van der Waals surface area contributed by atoms with Crippen LogP contribution in [0.3, 0.4) is 0 Å². The lowest BCUT2D eigenvalue weighted by Crippen LogP contribution is -2.19. The molecule has 6 nitrogen and oxygen atoms in total. The Morgan fingerprint density at radius 3 is 1.53 bits per heavy atom. The fraction of sp³-hybridized carbons (Fsp3) is 0.750. The third kappa shape index (κ3) is 6.89. The molecule has 0 aliphatic rings. The van der Waals surface area contributed by atoms with Gasteiger partial charge in [-0.05, 0) is 12.8 Å². The maximum Gasteiger partial charge on any atom is 0.506 e. The van der Waals surface area contributed by atoms with Crippen molar-refractivity contribution in [2.75, 3.05) is 0 Å². The molecule has 0 heterocycles. The van der Waals surface area contributed by atoms with Crippen LogP contribution in [0.15, 0.2) is 0 Å². The Kier molecular flexibility index (Phi) is 5.92. The van der Waals surface area contributed by atoms with E-state index >= 15 is 0 Å². The Balaban J connectivity index is 4.19. The maximum absolute atomic E-state index is 10.9. The fourth-order valence-corrected chi connectivity index (χ4v) is 1.39. The van der Waals surface area contributed by atoms with Gasteiger partial charge >= 0.3 is 22.3 Å². The van der Waals surface area contributed by atoms with Crippen molar-refractivity contribution in [1.82, 2.24) is 0 Å². The van der Waals surface area contributed by atoms with Crippen molar-refractivity contribution in [3.8, 4) is 0 Å². The van der Waals surface area contributed by atoms with E-state index in [-0.39, 0.29) is 12.8 Å². The molecular formula is C8H14O6S. The van der Waals surface area contributed by atoms with Crippen LogP contribution in [0.25, 0.3) is 0 Å². The molecular weight excluding hydrogens is 224 g/mol. The molecule has 0 amide bonds. The summed E-state index contributed by atoms with van der Waals surface area (Å²) in [6, 6.07) is 0. The Morgan fingerprint density at radius 1 is 0.933 bits per heavy atom. The van der Waals surface area contributed by atoms with Gasteiger partial charge in [-0.25, -0.2) is 0 Å². The second-order valence-corrected chi connectivity index (χ2v) is 3.97. The molecule has 0 aliphatic heterocycles. The van der Waals surface area contributed by atoms with Gasteiger partial charge in [0.2, 0.25) is 0 Å². The molecule has 0 spiro atoms. The third-order valence-corrected chi connectivity index (χ3v) is 2.08. The predicted molar refractivity (Wildman–Crippen MR) is 50.9 cm³/mol. The van der Waals surface area contributed by atoms with Crippen molar-refractivity contribution in [3.63, 3.8) is 0 Å². The average Bonchev–Trinajstić information content (AvgIpc) is 2.01. The summed E-state index contributed by atoms with van der Waals surface area (Å²) in [5, 5.41) is 0. The zero-order chi connectivity index (χ0) is 11.9. The highest BCUT2D eigenvalue weighted by molar-refractivity contribution is 7.82. The Bertz CT molecular complexity index is 292. The molecule has 0 unspecified atom stereocenters. The van der Waals surface area contributed by atoms with Gasteiger partial charge in [0.25, 0.3) is 0 Å². The van der Waals surface area contributed by atoms with Crippen LogP contribution >= 0.6 is 0 Å². The summed E-state index contributed by atoms with van der Waals surface area (Å²) in [5.74, 6) is -1.86. The molecule has 0 fully saturated rings. The van der Waals surface area contributed by atoms with Gasteiger partial charge in [0.05, 0.1) is 0 Å². The minimum Gasteiger partial charge on any atom is -0.316 e. The van der Waals surface area contributed by atoms with E-state index in [0.717, 1.165) is 0 Å². The van der Waals surface area contributed by atoms with Crippen molar-refractivity contribution >= 4 is 22.3 Å². The smallest absolute Gasteiger partial charge is 0.316 e. The van der Waals surface area contributed by atoms with Crippen LogP contribution < -0.4 is 0 Å². The van der Waals surface area contributed by atoms with Crippen molar-refractivity contribution in [3.05, 3.63) is 0 Å². The van der Waals surface area contributed by atoms with Crippen LogP contribution in [-0.2, 0) is 28.4 Å². The first-order chi connectivity index (χ1) is 6.91. The Morgan fingerprint density at radius 2 is 1.27 bits per heavy atom. The zero-order valence-corrected chi connectivity index (χ0v) is 9.50. The molecule has 7 heteroatoms. The van der Waals surface area contributed by atoms with E-state index in [2.05, 4.69) is 8.37 Å². The number of carbonyl (C=O) groups excluding carboxylic acids is 2. The maximum atomic E-state index is 10.9. The first kappa shape index (κ1) is 13.9. The fourth-order valence-electron chi connectivity index (χ4n) is 0.736. The summed E-state index contributed by atoms with van der Waals surface area (Å²) in [6.45, 7) is 3.38. The lowest BCUT2D eigenvalue weighted by Gasteiger charge is -2.04. The second kappa shape index (κ2) is 6.39. The monoisotopic (exact) mass is 238 g/mol. The standard InChI is InChI=1S/C8H14O6S/c1-3-5-7(9)13-15(11,12)14-8(10)6-4-2/h3-6H2,1-2H3. The Hall–Kier alpha value is -1.11. The predicted octanol–water partition coefficient (Wildman–Crippen LogP) is 0.918. The zero-order valence-electron chi connectivity index (χ0n) is 8.69. The van der Waals surface area contributed by atoms with Gasteiger partial charge in [-0.1, -0.05) is 13.8 Å². The molecule has 15 heavy (non-hydrogen) atoms. The van der Waals surface area contributed by atoms with E-state index in [9.17, 15) is 18.0 Å². The number of hydrogen-bond acceptors (Lipinski definition) is 6. The molecule has 0 aromatic carbocycles. The SMILES string of the molecule is CCCC(=O)OS(=O)(=O)OC(=O)CCC. The first-order valence-electron chi connectivity index (χ1n) is 4.60. The van der Waals surface area contributed by atoms with Gasteiger partial charge in [-0.15, -0.1) is 8.42 Å². The third-order valence-electron chi connectivity index (χ3n) is 1.30. The normalized spacial score (nSPS) is 10.8. The molecule has 0 aliphatic carbocycles. The van der Waals surface area contributed by atoms with Crippen LogP contribution in [0.2, 0.25) is 0 Å². The summed E-state index contributed by atoms with van der Waals surface area (Å²) < 4.78 is 29.8. The van der Waals surface area contributed by atoms with E-state index in [1.807, 2.05) is 0 Å². The van der Waals surface area contributed by atoms with Crippen molar-refractivity contribution in [2.24, 2.45) is 0 Å². The van der Waals surface area contributed by atoms with Gasteiger partial charge in [-0.2, -0.15) is 0 Å². The molecule has 0 radical (unpaired) electrons. The van der Waals surface area contributed by atoms with Gasteiger partial charge in [0, 0.05) is 12.8 Å². The molecule has 88 valence electrons. The molecule has 0 aromatic heterocycles. The Labute approximate surface area is 88.9 Å². The lowest BCUT2D eigenvalue weighted by molar-refractivity contribution is -0.137. The quantitative estimate of drug-likeness (QED) is 0.683. The van der Waals surface area contributed by atoms with Crippen molar-refractivity contribution in [1.29, 1.82) is 0 Å². The minimum absolute atomic E-state index is 0.0371. The van der Waals surface area contributed by atoms with Gasteiger partial charge in [-0.3, -0.25) is 9.59 Å². The number of hydrogen-bond donors (Lipinski definition) is 0. The molecule has 0 bridgehead atoms. The van der Waals surface area contributed by atoms with Gasteiger partial charge < -0.3 is 8.37 Å². The highest BCUT2D eigenvalue weighted by atomic mass is 32.3. The van der Waals surface area contributed by atoms with Crippen LogP contribution in [0, 0.1) is 0 Å². The number of carbonyl (C=O) groups is 2. The second-order valence-electron chi connectivity index (χ2n) is 2.82. The molecule has 0 atom stereocenters. The van der Waals surface area contributed by atoms with Crippen LogP contribution in [-0.4, -0.2) is 20.4 Å². The molecule has 0 saturated heterocycles. The summed E-state index contributed by atoms with van der Waals surface area (Å²) in [4.78, 5) is 21.6. The van der Waals surface area contributed by atoms with Crippen molar-refractivity contribution in [2.45, 2.75) is 39.5 Å². The molecule has 0 aromatic rings. The van der Waals surface area contributed by atoms with Crippen LogP contribution in [0.1, 0.15) is 39.5 Å². The highest BCUT2D eigenvalue weighted by Gasteiger charge is 2.21. The largest absolute Gasteiger partial charge is 0.506 e. The van der Waals surface area contributed by atoms with E-state index in [1.54, 1.807) is 13.8 Å². The lowest BCUT2D eigenvalue weighted by atomic mass is 10.4. The van der Waals surface area contributed by atoms with Crippen LogP contribution in [0.4, 0.5) is 0 Å². The van der Waals surface area contributed by atoms with E-state index < -0.39 is 22.3 Å². The summed E-state index contributed by atoms with van der Waals surface area (Å²) in [7, 11) is -4.52. The summed E-state index contributed by atoms with van der Waals surface area (Å²) in [6.07, 6.45) is 0.837. The summed E-state index contributed by atoms with van der Waals surface area (Å²) >= 11 is 0. The topological polar surface area (TPSA) is 86.7 Å². The van der Waals surface area contributed by atoms with E-state index in [0.29, 0.717) is 12.8 Å². The van der Waals surface area contributed by atoms with E-state index in [4.69, 9.17) is 0 Å². The average molecular weight is 238 g/mol. The molecule has 0 saturated carbocycles. The summed E-state index contributed by atoms with van der Waals surface area (Å²) in [5.41, 5.74) is 0. The highest BCUT2D eigenvalue weighted by Crippen LogP contribution is 2.03. The minimum atomic E-state index is -4.52.